The molecule has 0 N–H and O–H groups in total. The fraction of sp³-hybridized carbons (Fsp3) is 0.800. The summed E-state index contributed by atoms with van der Waals surface area (Å²) in [7, 11) is 0. The molecule has 0 spiro atoms. The molecule has 0 nitrogen and oxygen atoms in total. The van der Waals surface area contributed by atoms with E-state index in [4.69, 9.17) is 0 Å². The van der Waals surface area contributed by atoms with E-state index in [0.29, 0.717) is 5.41 Å². The second-order valence-electron chi connectivity index (χ2n) is 3.68. The number of hydrogen-bond donors (Lipinski definition) is 0. The molecule has 0 aromatic rings. The molecular weight excluding hydrogens is 200 g/mol. The number of halogens is 1. The molecule has 64 valence electrons. The summed E-state index contributed by atoms with van der Waals surface area (Å²) < 4.78 is 0. The molecule has 1 atom stereocenters. The van der Waals surface area contributed by atoms with Crippen molar-refractivity contribution in [1.82, 2.24) is 0 Å². The zero-order valence-electron chi connectivity index (χ0n) is 7.44. The van der Waals surface area contributed by atoms with E-state index in [1.54, 1.807) is 0 Å². The molecule has 11 heavy (non-hydrogen) atoms. The minimum Gasteiger partial charge on any atom is -0.0922 e. The van der Waals surface area contributed by atoms with Crippen molar-refractivity contribution in [3.05, 3.63) is 12.2 Å². The number of alkyl halides is 1. The first-order chi connectivity index (χ1) is 5.25. The lowest BCUT2D eigenvalue weighted by molar-refractivity contribution is 0.223. The molecule has 1 rings (SSSR count). The molecule has 0 radical (unpaired) electrons. The van der Waals surface area contributed by atoms with Gasteiger partial charge >= 0.3 is 0 Å². The van der Waals surface area contributed by atoms with Gasteiger partial charge in [-0.05, 0) is 24.2 Å². The fourth-order valence-electron chi connectivity index (χ4n) is 1.80. The molecule has 1 unspecified atom stereocenters. The van der Waals surface area contributed by atoms with Crippen molar-refractivity contribution in [2.45, 2.75) is 33.1 Å². The van der Waals surface area contributed by atoms with Crippen molar-refractivity contribution in [2.75, 3.05) is 5.33 Å². The maximum absolute atomic E-state index is 3.63. The van der Waals surface area contributed by atoms with Gasteiger partial charge < -0.3 is 0 Å². The van der Waals surface area contributed by atoms with Gasteiger partial charge in [-0.2, -0.15) is 0 Å². The first-order valence-corrected chi connectivity index (χ1v) is 5.58. The van der Waals surface area contributed by atoms with Crippen molar-refractivity contribution >= 4 is 15.9 Å². The minimum atomic E-state index is 0.550. The van der Waals surface area contributed by atoms with Crippen LogP contribution in [0.3, 0.4) is 0 Å². The van der Waals surface area contributed by atoms with Crippen LogP contribution in [0.25, 0.3) is 0 Å². The molecule has 0 aromatic carbocycles. The fourth-order valence-corrected chi connectivity index (χ4v) is 2.81. The quantitative estimate of drug-likeness (QED) is 0.498. The Morgan fingerprint density at radius 3 is 2.36 bits per heavy atom. The first kappa shape index (κ1) is 9.31. The number of hydrogen-bond acceptors (Lipinski definition) is 0. The lowest BCUT2D eigenvalue weighted by atomic mass is 9.75. The highest BCUT2D eigenvalue weighted by molar-refractivity contribution is 9.09. The topological polar surface area (TPSA) is 0 Å². The van der Waals surface area contributed by atoms with Crippen LogP contribution < -0.4 is 0 Å². The van der Waals surface area contributed by atoms with Crippen LogP contribution in [0.1, 0.15) is 33.1 Å². The molecule has 1 aliphatic rings. The first-order valence-electron chi connectivity index (χ1n) is 4.46. The van der Waals surface area contributed by atoms with Crippen molar-refractivity contribution in [2.24, 2.45) is 11.3 Å². The van der Waals surface area contributed by atoms with Gasteiger partial charge in [-0.3, -0.25) is 0 Å². The van der Waals surface area contributed by atoms with Gasteiger partial charge in [-0.25, -0.2) is 0 Å². The second-order valence-corrected chi connectivity index (χ2v) is 4.25. The minimum absolute atomic E-state index is 0.550. The highest BCUT2D eigenvalue weighted by Crippen LogP contribution is 2.43. The zero-order valence-corrected chi connectivity index (χ0v) is 9.02. The van der Waals surface area contributed by atoms with E-state index in [2.05, 4.69) is 41.9 Å². The van der Waals surface area contributed by atoms with Crippen LogP contribution >= 0.6 is 15.9 Å². The van der Waals surface area contributed by atoms with Crippen molar-refractivity contribution < 1.29 is 0 Å². The zero-order chi connectivity index (χ0) is 8.32. The Hall–Kier alpha value is 0.220. The number of rotatable bonds is 3. The summed E-state index contributed by atoms with van der Waals surface area (Å²) in [5, 5.41) is 1.15. The van der Waals surface area contributed by atoms with E-state index in [9.17, 15) is 0 Å². The molecule has 0 amide bonds. The van der Waals surface area contributed by atoms with Gasteiger partial charge in [-0.15, -0.1) is 0 Å². The standard InChI is InChI=1S/C10H17Br/c1-3-9(2)10(8-11)6-4-5-7-10/h4-5,9H,3,6-8H2,1-2H3. The molecule has 0 heterocycles. The molecule has 0 aliphatic heterocycles. The summed E-state index contributed by atoms with van der Waals surface area (Å²) in [4.78, 5) is 0. The summed E-state index contributed by atoms with van der Waals surface area (Å²) in [6.45, 7) is 4.65. The Kier molecular flexibility index (Phi) is 3.17. The van der Waals surface area contributed by atoms with Crippen LogP contribution in [-0.4, -0.2) is 5.33 Å². The van der Waals surface area contributed by atoms with E-state index in [1.165, 1.54) is 19.3 Å². The van der Waals surface area contributed by atoms with Gasteiger partial charge in [0, 0.05) is 5.33 Å². The molecule has 1 heteroatoms. The summed E-state index contributed by atoms with van der Waals surface area (Å²) in [6, 6.07) is 0. The Morgan fingerprint density at radius 1 is 1.45 bits per heavy atom. The third-order valence-corrected chi connectivity index (χ3v) is 4.26. The van der Waals surface area contributed by atoms with Crippen LogP contribution in [0.15, 0.2) is 12.2 Å². The Morgan fingerprint density at radius 2 is 2.00 bits per heavy atom. The lowest BCUT2D eigenvalue weighted by Gasteiger charge is -2.33. The molecule has 0 saturated carbocycles. The normalized spacial score (nSPS) is 23.9. The van der Waals surface area contributed by atoms with Crippen LogP contribution in [0, 0.1) is 11.3 Å². The Balaban J connectivity index is 2.60. The van der Waals surface area contributed by atoms with E-state index >= 15 is 0 Å². The highest BCUT2D eigenvalue weighted by atomic mass is 79.9. The number of allylic oxidation sites excluding steroid dienone is 2. The third kappa shape index (κ3) is 1.69. The molecule has 1 aliphatic carbocycles. The average Bonchev–Trinajstić information content (AvgIpc) is 2.52. The van der Waals surface area contributed by atoms with E-state index in [-0.39, 0.29) is 0 Å². The van der Waals surface area contributed by atoms with Gasteiger partial charge in [-0.1, -0.05) is 48.4 Å². The van der Waals surface area contributed by atoms with Crippen LogP contribution in [0.5, 0.6) is 0 Å². The smallest absolute Gasteiger partial charge is 0.00964 e. The summed E-state index contributed by atoms with van der Waals surface area (Å²) >= 11 is 3.63. The SMILES string of the molecule is CCC(C)C1(CBr)CC=CC1. The monoisotopic (exact) mass is 216 g/mol. The Labute approximate surface area is 78.2 Å². The van der Waals surface area contributed by atoms with Gasteiger partial charge in [0.05, 0.1) is 0 Å². The molecule has 0 bridgehead atoms. The lowest BCUT2D eigenvalue weighted by Crippen LogP contribution is -2.27. The van der Waals surface area contributed by atoms with Gasteiger partial charge in [0.25, 0.3) is 0 Å². The average molecular weight is 217 g/mol. The maximum Gasteiger partial charge on any atom is 0.00964 e. The molecule has 0 saturated heterocycles. The third-order valence-electron chi connectivity index (χ3n) is 3.14. The second kappa shape index (κ2) is 3.75. The molecule has 0 aromatic heterocycles. The van der Waals surface area contributed by atoms with E-state index < -0.39 is 0 Å². The predicted molar refractivity (Wildman–Crippen MR) is 54.1 cm³/mol. The van der Waals surface area contributed by atoms with Crippen molar-refractivity contribution in [3.63, 3.8) is 0 Å². The van der Waals surface area contributed by atoms with E-state index in [0.717, 1.165) is 11.2 Å². The summed E-state index contributed by atoms with van der Waals surface area (Å²) in [6.07, 6.45) is 8.49. The van der Waals surface area contributed by atoms with Crippen LogP contribution in [0.2, 0.25) is 0 Å². The van der Waals surface area contributed by atoms with Crippen molar-refractivity contribution in [3.8, 4) is 0 Å². The van der Waals surface area contributed by atoms with Crippen molar-refractivity contribution in [1.29, 1.82) is 0 Å². The van der Waals surface area contributed by atoms with Gasteiger partial charge in [0.15, 0.2) is 0 Å². The van der Waals surface area contributed by atoms with E-state index in [1.807, 2.05) is 0 Å². The highest BCUT2D eigenvalue weighted by Gasteiger charge is 2.34. The molecule has 0 fully saturated rings. The molecular formula is C10H17Br. The maximum atomic E-state index is 3.63. The van der Waals surface area contributed by atoms with Gasteiger partial charge in [0.2, 0.25) is 0 Å². The van der Waals surface area contributed by atoms with Gasteiger partial charge in [0.1, 0.15) is 0 Å². The largest absolute Gasteiger partial charge is 0.0922 e. The van der Waals surface area contributed by atoms with Crippen LogP contribution in [0.4, 0.5) is 0 Å². The Bertz CT molecular complexity index is 141. The predicted octanol–water partition coefficient (Wildman–Crippen LogP) is 3.76. The van der Waals surface area contributed by atoms with Crippen LogP contribution in [-0.2, 0) is 0 Å². The summed E-state index contributed by atoms with van der Waals surface area (Å²) in [5.41, 5.74) is 0.550. The summed E-state index contributed by atoms with van der Waals surface area (Å²) in [5.74, 6) is 0.844.